The summed E-state index contributed by atoms with van der Waals surface area (Å²) in [6, 6.07) is 1.86. The lowest BCUT2D eigenvalue weighted by atomic mass is 9.63. The highest BCUT2D eigenvalue weighted by Crippen LogP contribution is 2.48. The third-order valence-electron chi connectivity index (χ3n) is 4.55. The molecule has 0 bridgehead atoms. The highest BCUT2D eigenvalue weighted by atomic mass is 32.1. The number of ketones is 1. The molecular formula is C18H24O6S. The summed E-state index contributed by atoms with van der Waals surface area (Å²) in [7, 11) is 0. The van der Waals surface area contributed by atoms with Crippen molar-refractivity contribution in [3.63, 3.8) is 0 Å². The van der Waals surface area contributed by atoms with Crippen molar-refractivity contribution in [1.82, 2.24) is 0 Å². The summed E-state index contributed by atoms with van der Waals surface area (Å²) in [5.74, 6) is -4.61. The number of rotatable bonds is 5. The molecule has 1 aromatic heterocycles. The van der Waals surface area contributed by atoms with Crippen molar-refractivity contribution in [2.75, 3.05) is 13.2 Å². The van der Waals surface area contributed by atoms with Crippen LogP contribution in [0.15, 0.2) is 11.4 Å². The Hall–Kier alpha value is -1.73. The largest absolute Gasteiger partial charge is 0.466 e. The molecule has 0 aromatic carbocycles. The van der Waals surface area contributed by atoms with Crippen molar-refractivity contribution in [3.05, 3.63) is 21.9 Å². The Bertz CT molecular complexity index is 662. The van der Waals surface area contributed by atoms with Crippen LogP contribution in [-0.4, -0.2) is 41.6 Å². The minimum atomic E-state index is -1.59. The Morgan fingerprint density at radius 2 is 1.88 bits per heavy atom. The highest BCUT2D eigenvalue weighted by molar-refractivity contribution is 7.10. The molecule has 1 saturated carbocycles. The Labute approximate surface area is 151 Å². The molecule has 1 aliphatic carbocycles. The molecule has 1 aromatic rings. The van der Waals surface area contributed by atoms with Gasteiger partial charge in [-0.15, -0.1) is 11.3 Å². The summed E-state index contributed by atoms with van der Waals surface area (Å²) in [5, 5.41) is 12.7. The molecule has 1 heterocycles. The lowest BCUT2D eigenvalue weighted by Crippen LogP contribution is -2.55. The summed E-state index contributed by atoms with van der Waals surface area (Å²) < 4.78 is 10.2. The van der Waals surface area contributed by atoms with Crippen LogP contribution in [0.25, 0.3) is 0 Å². The number of Topliss-reactive ketones (excluding diaryl/α,β-unsaturated/α-hetero) is 1. The minimum Gasteiger partial charge on any atom is -0.466 e. The topological polar surface area (TPSA) is 89.9 Å². The Morgan fingerprint density at radius 1 is 1.28 bits per heavy atom. The van der Waals surface area contributed by atoms with Crippen LogP contribution in [0.3, 0.4) is 0 Å². The number of carbonyl (C=O) groups excluding carboxylic acids is 3. The average Bonchev–Trinajstić information content (AvgIpc) is 2.91. The Balaban J connectivity index is 2.59. The second-order valence-electron chi connectivity index (χ2n) is 6.45. The van der Waals surface area contributed by atoms with Crippen molar-refractivity contribution >= 4 is 29.1 Å². The van der Waals surface area contributed by atoms with Gasteiger partial charge in [-0.3, -0.25) is 14.4 Å². The van der Waals surface area contributed by atoms with E-state index in [2.05, 4.69) is 0 Å². The fraction of sp³-hybridized carbons (Fsp3) is 0.611. The van der Waals surface area contributed by atoms with E-state index >= 15 is 0 Å². The summed E-state index contributed by atoms with van der Waals surface area (Å²) in [5.41, 5.74) is -0.725. The van der Waals surface area contributed by atoms with Gasteiger partial charge in [0.25, 0.3) is 0 Å². The number of ether oxygens (including phenoxy) is 2. The quantitative estimate of drug-likeness (QED) is 0.633. The number of aryl methyl sites for hydroxylation is 1. The van der Waals surface area contributed by atoms with Gasteiger partial charge in [0.15, 0.2) is 5.78 Å². The van der Waals surface area contributed by atoms with E-state index in [0.29, 0.717) is 0 Å². The van der Waals surface area contributed by atoms with Crippen LogP contribution in [0.2, 0.25) is 0 Å². The molecule has 6 nitrogen and oxygen atoms in total. The van der Waals surface area contributed by atoms with E-state index in [4.69, 9.17) is 9.47 Å². The van der Waals surface area contributed by atoms with Gasteiger partial charge in [0, 0.05) is 17.2 Å². The summed E-state index contributed by atoms with van der Waals surface area (Å²) in [4.78, 5) is 38.5. The number of carbonyl (C=O) groups is 3. The fourth-order valence-electron chi connectivity index (χ4n) is 3.52. The predicted molar refractivity (Wildman–Crippen MR) is 92.3 cm³/mol. The zero-order valence-corrected chi connectivity index (χ0v) is 15.7. The SMILES string of the molecule is CCOC(=O)C1C(=O)CC(C)(O)C(C(=O)OCC)C1c1sccc1C. The number of hydrogen-bond donors (Lipinski definition) is 1. The Morgan fingerprint density at radius 3 is 2.40 bits per heavy atom. The molecule has 25 heavy (non-hydrogen) atoms. The molecular weight excluding hydrogens is 344 g/mol. The maximum absolute atomic E-state index is 12.7. The van der Waals surface area contributed by atoms with Crippen molar-refractivity contribution < 1.29 is 29.0 Å². The molecule has 0 saturated heterocycles. The molecule has 0 aliphatic heterocycles. The summed E-state index contributed by atoms with van der Waals surface area (Å²) in [6.45, 7) is 6.93. The highest BCUT2D eigenvalue weighted by Gasteiger charge is 2.57. The Kier molecular flexibility index (Phi) is 6.00. The van der Waals surface area contributed by atoms with Gasteiger partial charge in [0.05, 0.1) is 24.7 Å². The van der Waals surface area contributed by atoms with Gasteiger partial charge in [-0.1, -0.05) is 0 Å². The monoisotopic (exact) mass is 368 g/mol. The molecule has 0 spiro atoms. The zero-order chi connectivity index (χ0) is 18.8. The molecule has 7 heteroatoms. The van der Waals surface area contributed by atoms with Gasteiger partial charge in [0.1, 0.15) is 5.92 Å². The summed E-state index contributed by atoms with van der Waals surface area (Å²) >= 11 is 1.36. The average molecular weight is 368 g/mol. The number of hydrogen-bond acceptors (Lipinski definition) is 7. The fourth-order valence-corrected chi connectivity index (χ4v) is 4.63. The molecule has 1 aliphatic rings. The normalized spacial score (nSPS) is 29.3. The van der Waals surface area contributed by atoms with E-state index < -0.39 is 41.1 Å². The third-order valence-corrected chi connectivity index (χ3v) is 5.67. The van der Waals surface area contributed by atoms with E-state index in [1.54, 1.807) is 13.8 Å². The number of aliphatic hydroxyl groups is 1. The van der Waals surface area contributed by atoms with E-state index in [-0.39, 0.29) is 19.6 Å². The van der Waals surface area contributed by atoms with Gasteiger partial charge >= 0.3 is 11.9 Å². The van der Waals surface area contributed by atoms with Crippen molar-refractivity contribution in [3.8, 4) is 0 Å². The van der Waals surface area contributed by atoms with Gasteiger partial charge in [-0.2, -0.15) is 0 Å². The lowest BCUT2D eigenvalue weighted by molar-refractivity contribution is -0.172. The minimum absolute atomic E-state index is 0.138. The molecule has 4 unspecified atom stereocenters. The van der Waals surface area contributed by atoms with Gasteiger partial charge in [0.2, 0.25) is 0 Å². The van der Waals surface area contributed by atoms with Crippen LogP contribution in [0.4, 0.5) is 0 Å². The third kappa shape index (κ3) is 3.77. The second-order valence-corrected chi connectivity index (χ2v) is 7.40. The molecule has 1 fully saturated rings. The summed E-state index contributed by atoms with van der Waals surface area (Å²) in [6.07, 6.45) is -0.291. The number of esters is 2. The molecule has 0 radical (unpaired) electrons. The molecule has 2 rings (SSSR count). The van der Waals surface area contributed by atoms with E-state index in [9.17, 15) is 19.5 Å². The maximum Gasteiger partial charge on any atom is 0.317 e. The first-order valence-electron chi connectivity index (χ1n) is 8.36. The maximum atomic E-state index is 12.7. The first kappa shape index (κ1) is 19.6. The standard InChI is InChI=1S/C18H24O6S/c1-5-23-16(20)12-11(19)9-18(4,22)14(17(21)24-6-2)13(12)15-10(3)7-8-25-15/h7-8,12-14,22H,5-6,9H2,1-4H3. The van der Waals surface area contributed by atoms with Crippen LogP contribution in [-0.2, 0) is 23.9 Å². The van der Waals surface area contributed by atoms with E-state index in [1.807, 2.05) is 18.4 Å². The number of thiophene rings is 1. The first-order chi connectivity index (χ1) is 11.7. The van der Waals surface area contributed by atoms with Gasteiger partial charge in [-0.05, 0) is 44.7 Å². The van der Waals surface area contributed by atoms with Crippen LogP contribution in [0.1, 0.15) is 43.6 Å². The van der Waals surface area contributed by atoms with Crippen LogP contribution >= 0.6 is 11.3 Å². The van der Waals surface area contributed by atoms with E-state index in [1.165, 1.54) is 18.3 Å². The smallest absolute Gasteiger partial charge is 0.317 e. The molecule has 0 amide bonds. The van der Waals surface area contributed by atoms with Gasteiger partial charge in [-0.25, -0.2) is 0 Å². The van der Waals surface area contributed by atoms with Gasteiger partial charge < -0.3 is 14.6 Å². The van der Waals surface area contributed by atoms with Crippen molar-refractivity contribution in [1.29, 1.82) is 0 Å². The second kappa shape index (κ2) is 7.66. The zero-order valence-electron chi connectivity index (χ0n) is 14.9. The molecule has 4 atom stereocenters. The van der Waals surface area contributed by atoms with Crippen LogP contribution in [0, 0.1) is 18.8 Å². The predicted octanol–water partition coefficient (Wildman–Crippen LogP) is 2.22. The molecule has 1 N–H and O–H groups in total. The van der Waals surface area contributed by atoms with Crippen molar-refractivity contribution in [2.45, 2.75) is 45.6 Å². The molecule has 138 valence electrons. The first-order valence-corrected chi connectivity index (χ1v) is 9.24. The van der Waals surface area contributed by atoms with Crippen molar-refractivity contribution in [2.24, 2.45) is 11.8 Å². The lowest BCUT2D eigenvalue weighted by Gasteiger charge is -2.43. The van der Waals surface area contributed by atoms with E-state index in [0.717, 1.165) is 10.4 Å². The van der Waals surface area contributed by atoms with Crippen LogP contribution in [0.5, 0.6) is 0 Å². The van der Waals surface area contributed by atoms with Crippen LogP contribution < -0.4 is 0 Å².